The summed E-state index contributed by atoms with van der Waals surface area (Å²) < 4.78 is 0. The quantitative estimate of drug-likeness (QED) is 0.924. The minimum atomic E-state index is -0.236. The van der Waals surface area contributed by atoms with Gasteiger partial charge in [0, 0.05) is 31.9 Å². The van der Waals surface area contributed by atoms with Gasteiger partial charge < -0.3 is 10.2 Å². The molecule has 0 aliphatic carbocycles. The molecule has 0 saturated carbocycles. The van der Waals surface area contributed by atoms with Crippen LogP contribution in [0.15, 0.2) is 42.6 Å². The van der Waals surface area contributed by atoms with Gasteiger partial charge in [-0.3, -0.25) is 14.6 Å². The van der Waals surface area contributed by atoms with Gasteiger partial charge in [-0.15, -0.1) is 0 Å². The van der Waals surface area contributed by atoms with Gasteiger partial charge in [0.25, 0.3) is 5.91 Å². The monoisotopic (exact) mass is 295 g/mol. The molecule has 1 N–H and O–H groups in total. The molecule has 0 atom stereocenters. The Morgan fingerprint density at radius 1 is 1.18 bits per heavy atom. The summed E-state index contributed by atoms with van der Waals surface area (Å²) in [4.78, 5) is 29.5. The number of aromatic nitrogens is 1. The van der Waals surface area contributed by atoms with Crippen molar-refractivity contribution < 1.29 is 9.59 Å². The smallest absolute Gasteiger partial charge is 0.274 e. The Morgan fingerprint density at radius 3 is 2.77 bits per heavy atom. The maximum atomic E-state index is 12.1. The lowest BCUT2D eigenvalue weighted by molar-refractivity contribution is -0.129. The van der Waals surface area contributed by atoms with Gasteiger partial charge >= 0.3 is 0 Å². The largest absolute Gasteiger partial charge is 0.338 e. The van der Waals surface area contributed by atoms with E-state index in [0.29, 0.717) is 12.2 Å². The zero-order valence-corrected chi connectivity index (χ0v) is 12.4. The fourth-order valence-electron chi connectivity index (χ4n) is 2.60. The Kier molecular flexibility index (Phi) is 3.87. The highest BCUT2D eigenvalue weighted by Crippen LogP contribution is 2.23. The number of fused-ring (bicyclic) bond motifs is 1. The first-order valence-electron chi connectivity index (χ1n) is 7.23. The van der Waals surface area contributed by atoms with E-state index in [-0.39, 0.29) is 11.8 Å². The van der Waals surface area contributed by atoms with E-state index >= 15 is 0 Å². The van der Waals surface area contributed by atoms with Crippen molar-refractivity contribution in [1.29, 1.82) is 0 Å². The molecule has 1 aliphatic rings. The van der Waals surface area contributed by atoms with E-state index in [1.807, 2.05) is 23.1 Å². The highest BCUT2D eigenvalue weighted by Gasteiger charge is 2.18. The number of nitrogens with zero attached hydrogens (tertiary/aromatic N) is 2. The van der Waals surface area contributed by atoms with Gasteiger partial charge in [-0.1, -0.05) is 12.1 Å². The molecule has 0 fully saturated rings. The van der Waals surface area contributed by atoms with Crippen LogP contribution in [-0.4, -0.2) is 28.2 Å². The third kappa shape index (κ3) is 2.98. The first-order valence-corrected chi connectivity index (χ1v) is 7.23. The van der Waals surface area contributed by atoms with Gasteiger partial charge in [0.05, 0.1) is 0 Å². The van der Waals surface area contributed by atoms with Gasteiger partial charge in [0.1, 0.15) is 5.69 Å². The van der Waals surface area contributed by atoms with Crippen LogP contribution in [0.25, 0.3) is 0 Å². The Bertz CT molecular complexity index is 713. The average molecular weight is 295 g/mol. The zero-order chi connectivity index (χ0) is 15.5. The van der Waals surface area contributed by atoms with E-state index in [4.69, 9.17) is 0 Å². The van der Waals surface area contributed by atoms with Gasteiger partial charge in [0.15, 0.2) is 0 Å². The van der Waals surface area contributed by atoms with E-state index in [1.165, 1.54) is 5.56 Å². The van der Waals surface area contributed by atoms with Crippen molar-refractivity contribution in [2.24, 2.45) is 0 Å². The maximum absolute atomic E-state index is 12.1. The minimum absolute atomic E-state index is 0.0774. The van der Waals surface area contributed by atoms with Gasteiger partial charge in [-0.25, -0.2) is 0 Å². The summed E-state index contributed by atoms with van der Waals surface area (Å²) in [6, 6.07) is 11.1. The molecule has 0 spiro atoms. The predicted molar refractivity (Wildman–Crippen MR) is 83.4 cm³/mol. The number of carbonyl (C=O) groups is 2. The molecule has 1 aliphatic heterocycles. The van der Waals surface area contributed by atoms with Crippen molar-refractivity contribution in [1.82, 2.24) is 9.88 Å². The number of benzene rings is 1. The summed E-state index contributed by atoms with van der Waals surface area (Å²) in [6.45, 7) is 2.93. The molecular weight excluding hydrogens is 278 g/mol. The second kappa shape index (κ2) is 5.97. The van der Waals surface area contributed by atoms with Crippen LogP contribution in [0.2, 0.25) is 0 Å². The summed E-state index contributed by atoms with van der Waals surface area (Å²) in [5.41, 5.74) is 3.42. The number of amides is 2. The number of anilines is 1. The summed E-state index contributed by atoms with van der Waals surface area (Å²) in [5, 5.41) is 2.85. The van der Waals surface area contributed by atoms with Crippen LogP contribution in [-0.2, 0) is 17.8 Å². The lowest BCUT2D eigenvalue weighted by Gasteiger charge is -2.28. The molecular formula is C17H17N3O2. The Hall–Kier alpha value is -2.69. The van der Waals surface area contributed by atoms with E-state index in [1.54, 1.807) is 31.3 Å². The molecule has 0 saturated heterocycles. The summed E-state index contributed by atoms with van der Waals surface area (Å²) in [5.74, 6) is -0.159. The van der Waals surface area contributed by atoms with Crippen molar-refractivity contribution in [2.45, 2.75) is 19.9 Å². The van der Waals surface area contributed by atoms with E-state index in [0.717, 1.165) is 24.2 Å². The maximum Gasteiger partial charge on any atom is 0.274 e. The third-order valence-electron chi connectivity index (χ3n) is 3.82. The zero-order valence-electron chi connectivity index (χ0n) is 12.4. The Balaban J connectivity index is 1.78. The molecule has 22 heavy (non-hydrogen) atoms. The molecule has 0 unspecified atom stereocenters. The van der Waals surface area contributed by atoms with Crippen molar-refractivity contribution in [3.63, 3.8) is 0 Å². The second-order valence-electron chi connectivity index (χ2n) is 5.34. The lowest BCUT2D eigenvalue weighted by atomic mass is 9.99. The topological polar surface area (TPSA) is 62.3 Å². The average Bonchev–Trinajstić information content (AvgIpc) is 2.55. The summed E-state index contributed by atoms with van der Waals surface area (Å²) >= 11 is 0. The van der Waals surface area contributed by atoms with Gasteiger partial charge in [-0.2, -0.15) is 0 Å². The van der Waals surface area contributed by atoms with E-state index < -0.39 is 0 Å². The fourth-order valence-corrected chi connectivity index (χ4v) is 2.60. The molecule has 5 nitrogen and oxygen atoms in total. The van der Waals surface area contributed by atoms with Crippen molar-refractivity contribution >= 4 is 17.5 Å². The third-order valence-corrected chi connectivity index (χ3v) is 3.82. The highest BCUT2D eigenvalue weighted by molar-refractivity contribution is 6.02. The number of pyridine rings is 1. The minimum Gasteiger partial charge on any atom is -0.338 e. The first kappa shape index (κ1) is 14.3. The normalized spacial score (nSPS) is 13.4. The van der Waals surface area contributed by atoms with Crippen LogP contribution in [0.3, 0.4) is 0 Å². The van der Waals surface area contributed by atoms with Crippen LogP contribution in [0.1, 0.15) is 28.5 Å². The van der Waals surface area contributed by atoms with Crippen molar-refractivity contribution in [3.8, 4) is 0 Å². The predicted octanol–water partition coefficient (Wildman–Crippen LogP) is 2.24. The standard InChI is InChI=1S/C17H17N3O2/c1-12(21)20-9-7-13-5-6-15(10-14(13)11-20)19-17(22)16-4-2-3-8-18-16/h2-6,8,10H,7,9,11H2,1H3,(H,19,22). The molecule has 1 aromatic carbocycles. The molecule has 2 heterocycles. The SMILES string of the molecule is CC(=O)N1CCc2ccc(NC(=O)c3ccccn3)cc2C1. The van der Waals surface area contributed by atoms with Crippen molar-refractivity contribution in [2.75, 3.05) is 11.9 Å². The molecule has 5 heteroatoms. The Labute approximate surface area is 129 Å². The second-order valence-corrected chi connectivity index (χ2v) is 5.34. The van der Waals surface area contributed by atoms with Crippen LogP contribution >= 0.6 is 0 Å². The van der Waals surface area contributed by atoms with E-state index in [2.05, 4.69) is 10.3 Å². The molecule has 2 amide bonds. The van der Waals surface area contributed by atoms with Gasteiger partial charge in [0.2, 0.25) is 5.91 Å². The lowest BCUT2D eigenvalue weighted by Crippen LogP contribution is -2.34. The first-order chi connectivity index (χ1) is 10.6. The van der Waals surface area contributed by atoms with Gasteiger partial charge in [-0.05, 0) is 41.8 Å². The molecule has 112 valence electrons. The van der Waals surface area contributed by atoms with Crippen LogP contribution in [0.4, 0.5) is 5.69 Å². The molecule has 0 bridgehead atoms. The summed E-state index contributed by atoms with van der Waals surface area (Å²) in [6.07, 6.45) is 2.44. The Morgan fingerprint density at radius 2 is 2.05 bits per heavy atom. The number of hydrogen-bond donors (Lipinski definition) is 1. The van der Waals surface area contributed by atoms with Crippen molar-refractivity contribution in [3.05, 3.63) is 59.4 Å². The molecule has 0 radical (unpaired) electrons. The fraction of sp³-hybridized carbons (Fsp3) is 0.235. The summed E-state index contributed by atoms with van der Waals surface area (Å²) in [7, 11) is 0. The number of carbonyl (C=O) groups excluding carboxylic acids is 2. The molecule has 3 rings (SSSR count). The number of hydrogen-bond acceptors (Lipinski definition) is 3. The molecule has 1 aromatic heterocycles. The highest BCUT2D eigenvalue weighted by atomic mass is 16.2. The van der Waals surface area contributed by atoms with Crippen LogP contribution < -0.4 is 5.32 Å². The molecule has 2 aromatic rings. The van der Waals surface area contributed by atoms with Crippen LogP contribution in [0, 0.1) is 0 Å². The van der Waals surface area contributed by atoms with E-state index in [9.17, 15) is 9.59 Å². The number of nitrogens with one attached hydrogen (secondary N) is 1. The van der Waals surface area contributed by atoms with Crippen LogP contribution in [0.5, 0.6) is 0 Å². The number of rotatable bonds is 2.